The Morgan fingerprint density at radius 1 is 1.07 bits per heavy atom. The summed E-state index contributed by atoms with van der Waals surface area (Å²) in [6.45, 7) is 0.737. The molecule has 0 spiro atoms. The molecular formula is C29H31ClN4O7S. The molecule has 13 heteroatoms. The van der Waals surface area contributed by atoms with Gasteiger partial charge in [0.1, 0.15) is 12.3 Å². The first kappa shape index (κ1) is 30.8. The zero-order chi connectivity index (χ0) is 30.4. The van der Waals surface area contributed by atoms with Gasteiger partial charge in [-0.3, -0.25) is 24.0 Å². The number of aryl methyl sites for hydroxylation is 1. The fourth-order valence-corrected chi connectivity index (χ4v) is 6.46. The summed E-state index contributed by atoms with van der Waals surface area (Å²) in [7, 11) is -3.23. The van der Waals surface area contributed by atoms with Crippen LogP contribution in [-0.2, 0) is 14.8 Å². The van der Waals surface area contributed by atoms with E-state index in [4.69, 9.17) is 16.3 Å². The third-order valence-corrected chi connectivity index (χ3v) is 9.04. The number of rotatable bonds is 10. The number of hydrogen-bond acceptors (Lipinski definition) is 7. The second-order valence-corrected chi connectivity index (χ2v) is 12.2. The number of carbonyl (C=O) groups is 2. The minimum absolute atomic E-state index is 0.0458. The molecule has 0 aliphatic heterocycles. The number of nitro benzene ring substituents is 1. The number of methoxy groups -OCH3 is 1. The van der Waals surface area contributed by atoms with Gasteiger partial charge < -0.3 is 15.4 Å². The number of amides is 2. The zero-order valence-corrected chi connectivity index (χ0v) is 24.7. The van der Waals surface area contributed by atoms with Crippen molar-refractivity contribution in [1.29, 1.82) is 0 Å². The lowest BCUT2D eigenvalue weighted by molar-refractivity contribution is -0.385. The average Bonchev–Trinajstić information content (AvgIpc) is 2.96. The predicted molar refractivity (Wildman–Crippen MR) is 160 cm³/mol. The highest BCUT2D eigenvalue weighted by Crippen LogP contribution is 2.36. The lowest BCUT2D eigenvalue weighted by atomic mass is 9.95. The van der Waals surface area contributed by atoms with Gasteiger partial charge in [0, 0.05) is 22.7 Å². The number of nitrogens with one attached hydrogen (secondary N) is 2. The molecular weight excluding hydrogens is 584 g/mol. The number of hydrogen-bond donors (Lipinski definition) is 2. The lowest BCUT2D eigenvalue weighted by Crippen LogP contribution is -2.39. The highest BCUT2D eigenvalue weighted by molar-refractivity contribution is 7.92. The van der Waals surface area contributed by atoms with Crippen molar-refractivity contribution in [2.24, 2.45) is 0 Å². The number of carbonyl (C=O) groups excluding carboxylic acids is 2. The molecule has 1 aliphatic carbocycles. The van der Waals surface area contributed by atoms with E-state index in [-0.39, 0.29) is 45.2 Å². The molecule has 0 saturated heterocycles. The quantitative estimate of drug-likeness (QED) is 0.227. The summed E-state index contributed by atoms with van der Waals surface area (Å²) in [5.41, 5.74) is 0.271. The van der Waals surface area contributed by atoms with E-state index < -0.39 is 38.0 Å². The van der Waals surface area contributed by atoms with Crippen LogP contribution in [0.3, 0.4) is 0 Å². The van der Waals surface area contributed by atoms with Crippen molar-refractivity contribution >= 4 is 50.5 Å². The highest BCUT2D eigenvalue weighted by atomic mass is 35.5. The van der Waals surface area contributed by atoms with E-state index >= 15 is 0 Å². The van der Waals surface area contributed by atoms with E-state index in [1.165, 1.54) is 44.4 Å². The highest BCUT2D eigenvalue weighted by Gasteiger charge is 2.32. The molecule has 1 aliphatic rings. The minimum Gasteiger partial charge on any atom is -0.495 e. The Hall–Kier alpha value is -4.16. The van der Waals surface area contributed by atoms with Crippen LogP contribution in [0.15, 0.2) is 65.6 Å². The zero-order valence-electron chi connectivity index (χ0n) is 23.1. The van der Waals surface area contributed by atoms with Crippen LogP contribution in [0.25, 0.3) is 0 Å². The number of anilines is 2. The summed E-state index contributed by atoms with van der Waals surface area (Å²) in [5.74, 6) is -1.00. The monoisotopic (exact) mass is 614 g/mol. The first-order valence-electron chi connectivity index (χ1n) is 13.3. The smallest absolute Gasteiger partial charge is 0.273 e. The Kier molecular flexibility index (Phi) is 9.69. The molecule has 2 amide bonds. The fourth-order valence-electron chi connectivity index (χ4n) is 4.85. The van der Waals surface area contributed by atoms with Gasteiger partial charge in [0.05, 0.1) is 33.9 Å². The molecule has 0 radical (unpaired) electrons. The van der Waals surface area contributed by atoms with Crippen LogP contribution in [-0.4, -0.2) is 44.9 Å². The number of nitro groups is 1. The Balaban J connectivity index is 1.68. The summed E-state index contributed by atoms with van der Waals surface area (Å²) in [5, 5.41) is 17.4. The average molecular weight is 615 g/mol. The Morgan fingerprint density at radius 3 is 2.48 bits per heavy atom. The maximum absolute atomic E-state index is 13.9. The SMILES string of the molecule is COc1ccc(Cl)cc1N(CC(=O)Nc1ccccc1C(=O)NC1CCCCC1)S(=O)(=O)c1ccc(C)c([N+](=O)[O-])c1. The number of para-hydroxylation sites is 1. The van der Waals surface area contributed by atoms with Crippen molar-refractivity contribution in [1.82, 2.24) is 5.32 Å². The molecule has 1 saturated carbocycles. The molecule has 3 aromatic carbocycles. The van der Waals surface area contributed by atoms with Gasteiger partial charge in [0.25, 0.3) is 21.6 Å². The van der Waals surface area contributed by atoms with Crippen LogP contribution in [0.1, 0.15) is 48.0 Å². The van der Waals surface area contributed by atoms with Crippen LogP contribution in [0.4, 0.5) is 17.1 Å². The van der Waals surface area contributed by atoms with E-state index in [0.29, 0.717) is 0 Å². The van der Waals surface area contributed by atoms with Gasteiger partial charge in [0.2, 0.25) is 5.91 Å². The van der Waals surface area contributed by atoms with Crippen LogP contribution in [0.2, 0.25) is 5.02 Å². The van der Waals surface area contributed by atoms with Gasteiger partial charge in [-0.15, -0.1) is 0 Å². The number of halogens is 1. The first-order chi connectivity index (χ1) is 20.0. The summed E-state index contributed by atoms with van der Waals surface area (Å²) >= 11 is 6.19. The first-order valence-corrected chi connectivity index (χ1v) is 15.1. The summed E-state index contributed by atoms with van der Waals surface area (Å²) in [6, 6.07) is 14.2. The molecule has 3 aromatic rings. The fraction of sp³-hybridized carbons (Fsp3) is 0.310. The Labute approximate surface area is 249 Å². The molecule has 4 rings (SSSR count). The van der Waals surface area contributed by atoms with E-state index in [9.17, 15) is 28.1 Å². The second-order valence-electron chi connectivity index (χ2n) is 9.94. The van der Waals surface area contributed by atoms with Gasteiger partial charge in [-0.2, -0.15) is 0 Å². The summed E-state index contributed by atoms with van der Waals surface area (Å²) in [4.78, 5) is 37.0. The maximum Gasteiger partial charge on any atom is 0.273 e. The number of benzene rings is 3. The van der Waals surface area contributed by atoms with Crippen LogP contribution < -0.4 is 19.7 Å². The number of ether oxygens (including phenoxy) is 1. The van der Waals surface area contributed by atoms with Crippen molar-refractivity contribution in [3.63, 3.8) is 0 Å². The third kappa shape index (κ3) is 7.00. The summed E-state index contributed by atoms with van der Waals surface area (Å²) < 4.78 is 34.0. The van der Waals surface area contributed by atoms with Crippen molar-refractivity contribution < 1.29 is 27.7 Å². The molecule has 42 heavy (non-hydrogen) atoms. The minimum atomic E-state index is -4.56. The van der Waals surface area contributed by atoms with Crippen LogP contribution in [0.5, 0.6) is 5.75 Å². The molecule has 0 aromatic heterocycles. The molecule has 0 atom stereocenters. The number of nitrogens with zero attached hydrogens (tertiary/aromatic N) is 2. The van der Waals surface area contributed by atoms with Crippen molar-refractivity contribution in [2.45, 2.75) is 50.0 Å². The molecule has 0 heterocycles. The van der Waals surface area contributed by atoms with Gasteiger partial charge in [-0.25, -0.2) is 8.42 Å². The maximum atomic E-state index is 13.9. The third-order valence-electron chi connectivity index (χ3n) is 7.05. The number of sulfonamides is 1. The van der Waals surface area contributed by atoms with Gasteiger partial charge in [-0.1, -0.05) is 49.1 Å². The van der Waals surface area contributed by atoms with Crippen LogP contribution >= 0.6 is 11.6 Å². The Morgan fingerprint density at radius 2 is 1.79 bits per heavy atom. The molecule has 0 unspecified atom stereocenters. The van der Waals surface area contributed by atoms with E-state index in [0.717, 1.165) is 42.5 Å². The van der Waals surface area contributed by atoms with E-state index in [2.05, 4.69) is 10.6 Å². The van der Waals surface area contributed by atoms with Crippen LogP contribution in [0, 0.1) is 17.0 Å². The molecule has 11 nitrogen and oxygen atoms in total. The largest absolute Gasteiger partial charge is 0.495 e. The predicted octanol–water partition coefficient (Wildman–Crippen LogP) is 5.46. The van der Waals surface area contributed by atoms with Gasteiger partial charge in [-0.05, 0) is 56.2 Å². The lowest BCUT2D eigenvalue weighted by Gasteiger charge is -2.26. The van der Waals surface area contributed by atoms with E-state index in [1.807, 2.05) is 0 Å². The molecule has 2 N–H and O–H groups in total. The van der Waals surface area contributed by atoms with E-state index in [1.54, 1.807) is 24.3 Å². The van der Waals surface area contributed by atoms with Crippen molar-refractivity contribution in [2.75, 3.05) is 23.3 Å². The topological polar surface area (TPSA) is 148 Å². The molecule has 1 fully saturated rings. The van der Waals surface area contributed by atoms with Gasteiger partial charge >= 0.3 is 0 Å². The van der Waals surface area contributed by atoms with Crippen molar-refractivity contribution in [3.05, 3.63) is 86.9 Å². The molecule has 222 valence electrons. The van der Waals surface area contributed by atoms with Gasteiger partial charge in [0.15, 0.2) is 0 Å². The summed E-state index contributed by atoms with van der Waals surface area (Å²) in [6.07, 6.45) is 4.96. The standard InChI is InChI=1S/C29H31ClN4O7S/c1-19-12-14-22(17-25(19)34(37)38)42(39,40)33(26-16-20(30)13-15-27(26)41-2)18-28(35)32-24-11-7-6-10-23(24)29(36)31-21-8-4-3-5-9-21/h6-7,10-17,21H,3-5,8-9,18H2,1-2H3,(H,31,36)(H,32,35). The Bertz CT molecular complexity index is 1610. The normalized spacial score (nSPS) is 13.7. The van der Waals surface area contributed by atoms with Crippen molar-refractivity contribution in [3.8, 4) is 5.75 Å². The molecule has 0 bridgehead atoms. The second kappa shape index (κ2) is 13.2.